The third-order valence-corrected chi connectivity index (χ3v) is 6.56. The van der Waals surface area contributed by atoms with E-state index in [1.807, 2.05) is 18.0 Å². The number of hydrogen-bond acceptors (Lipinski definition) is 6. The van der Waals surface area contributed by atoms with E-state index in [0.717, 1.165) is 49.2 Å². The molecule has 0 spiro atoms. The van der Waals surface area contributed by atoms with Gasteiger partial charge in [-0.15, -0.1) is 0 Å². The molecule has 2 heterocycles. The van der Waals surface area contributed by atoms with Crippen LogP contribution in [0.4, 0.5) is 5.69 Å². The normalized spacial score (nSPS) is 17.6. The number of unbranched alkanes of at least 4 members (excludes halogenated alkanes) is 3. The highest BCUT2D eigenvalue weighted by molar-refractivity contribution is 6.23. The predicted molar refractivity (Wildman–Crippen MR) is 132 cm³/mol. The summed E-state index contributed by atoms with van der Waals surface area (Å²) in [6.45, 7) is 5.72. The molecule has 1 saturated heterocycles. The number of carbonyl (C=O) groups excluding carboxylic acids is 5. The molecule has 0 bridgehead atoms. The van der Waals surface area contributed by atoms with E-state index in [-0.39, 0.29) is 29.9 Å². The molecule has 35 heavy (non-hydrogen) atoms. The Bertz CT molecular complexity index is 990. The molecule has 0 aromatic heterocycles. The third kappa shape index (κ3) is 6.68. The monoisotopic (exact) mass is 484 g/mol. The highest BCUT2D eigenvalue weighted by atomic mass is 16.2. The number of imide groups is 2. The van der Waals surface area contributed by atoms with Crippen molar-refractivity contribution in [2.75, 3.05) is 25.0 Å². The fourth-order valence-electron chi connectivity index (χ4n) is 4.39. The number of nitrogens with zero attached hydrogens (tertiary/aromatic N) is 2. The van der Waals surface area contributed by atoms with Crippen molar-refractivity contribution in [1.29, 1.82) is 0 Å². The van der Waals surface area contributed by atoms with E-state index in [9.17, 15) is 24.0 Å². The van der Waals surface area contributed by atoms with Crippen LogP contribution < -0.4 is 15.5 Å². The molecule has 0 radical (unpaired) electrons. The summed E-state index contributed by atoms with van der Waals surface area (Å²) in [6.07, 6.45) is 5.70. The van der Waals surface area contributed by atoms with Crippen molar-refractivity contribution in [1.82, 2.24) is 15.5 Å². The van der Waals surface area contributed by atoms with E-state index in [1.165, 1.54) is 0 Å². The number of rotatable bonds is 12. The molecule has 3 rings (SSSR count). The van der Waals surface area contributed by atoms with Crippen molar-refractivity contribution in [3.05, 3.63) is 29.3 Å². The minimum absolute atomic E-state index is 0.0995. The summed E-state index contributed by atoms with van der Waals surface area (Å²) in [7, 11) is 1.94. The van der Waals surface area contributed by atoms with Gasteiger partial charge in [0.25, 0.3) is 11.8 Å². The van der Waals surface area contributed by atoms with Crippen LogP contribution in [0.25, 0.3) is 0 Å². The molecule has 9 heteroatoms. The average Bonchev–Trinajstić information content (AvgIpc) is 3.06. The molecule has 5 amide bonds. The van der Waals surface area contributed by atoms with Gasteiger partial charge in [-0.05, 0) is 49.8 Å². The molecular formula is C26H36N4O5. The molecule has 1 aromatic carbocycles. The topological polar surface area (TPSA) is 116 Å². The molecule has 0 saturated carbocycles. The lowest BCUT2D eigenvalue weighted by atomic mass is 10.0. The lowest BCUT2D eigenvalue weighted by Crippen LogP contribution is -2.54. The van der Waals surface area contributed by atoms with Gasteiger partial charge in [-0.3, -0.25) is 34.2 Å². The maximum Gasteiger partial charge on any atom is 0.262 e. The Kier molecular flexibility index (Phi) is 9.01. The second-order valence-corrected chi connectivity index (χ2v) is 9.80. The number of piperidine rings is 1. The minimum atomic E-state index is -0.957. The van der Waals surface area contributed by atoms with E-state index in [4.69, 9.17) is 0 Å². The van der Waals surface area contributed by atoms with Crippen molar-refractivity contribution in [2.24, 2.45) is 5.92 Å². The average molecular weight is 485 g/mol. The Labute approximate surface area is 206 Å². The van der Waals surface area contributed by atoms with Gasteiger partial charge in [0.2, 0.25) is 17.7 Å². The van der Waals surface area contributed by atoms with Crippen LogP contribution in [-0.2, 0) is 14.4 Å². The van der Waals surface area contributed by atoms with Crippen LogP contribution in [0.1, 0.15) is 85.9 Å². The number of hydrogen-bond donors (Lipinski definition) is 2. The minimum Gasteiger partial charge on any atom is -0.375 e. The van der Waals surface area contributed by atoms with Crippen LogP contribution in [-0.4, -0.2) is 60.6 Å². The third-order valence-electron chi connectivity index (χ3n) is 6.56. The lowest BCUT2D eigenvalue weighted by Gasteiger charge is -2.27. The molecule has 190 valence electrons. The van der Waals surface area contributed by atoms with Crippen molar-refractivity contribution in [2.45, 2.75) is 71.3 Å². The zero-order valence-electron chi connectivity index (χ0n) is 20.9. The lowest BCUT2D eigenvalue weighted by molar-refractivity contribution is -0.136. The Morgan fingerprint density at radius 2 is 1.80 bits per heavy atom. The van der Waals surface area contributed by atoms with Crippen LogP contribution in [0.3, 0.4) is 0 Å². The van der Waals surface area contributed by atoms with Gasteiger partial charge in [0.1, 0.15) is 6.04 Å². The molecule has 1 aromatic rings. The Morgan fingerprint density at radius 3 is 2.51 bits per heavy atom. The number of carbonyl (C=O) groups is 5. The molecular weight excluding hydrogens is 448 g/mol. The summed E-state index contributed by atoms with van der Waals surface area (Å²) in [4.78, 5) is 64.2. The van der Waals surface area contributed by atoms with Gasteiger partial charge >= 0.3 is 0 Å². The molecule has 1 atom stereocenters. The van der Waals surface area contributed by atoms with E-state index >= 15 is 0 Å². The Morgan fingerprint density at radius 1 is 1.09 bits per heavy atom. The van der Waals surface area contributed by atoms with Crippen LogP contribution in [0.15, 0.2) is 18.2 Å². The first kappa shape index (κ1) is 26.4. The quantitative estimate of drug-likeness (QED) is 0.348. The summed E-state index contributed by atoms with van der Waals surface area (Å²) in [5, 5.41) is 5.18. The second-order valence-electron chi connectivity index (χ2n) is 9.80. The molecule has 9 nitrogen and oxygen atoms in total. The van der Waals surface area contributed by atoms with Gasteiger partial charge < -0.3 is 10.2 Å². The molecule has 0 aliphatic carbocycles. The summed E-state index contributed by atoms with van der Waals surface area (Å²) >= 11 is 0. The van der Waals surface area contributed by atoms with Crippen LogP contribution >= 0.6 is 0 Å². The second kappa shape index (κ2) is 12.0. The highest BCUT2D eigenvalue weighted by Crippen LogP contribution is 2.30. The van der Waals surface area contributed by atoms with Gasteiger partial charge in [0.15, 0.2) is 0 Å². The standard InChI is InChI=1S/C26H36N4O5/c1-17(2)8-12-22(31)27-14-6-4-5-7-15-29(3)18-9-10-19-20(16-18)26(35)30(25(19)34)21-11-13-23(32)28-24(21)33/h9-10,16-17,21H,4-8,11-15H2,1-3H3,(H,27,31)(H,28,32,33). The van der Waals surface area contributed by atoms with Crippen LogP contribution in [0.5, 0.6) is 0 Å². The fourth-order valence-corrected chi connectivity index (χ4v) is 4.39. The smallest absolute Gasteiger partial charge is 0.262 e. The molecule has 2 aliphatic heterocycles. The van der Waals surface area contributed by atoms with E-state index in [1.54, 1.807) is 12.1 Å². The van der Waals surface area contributed by atoms with Gasteiger partial charge in [-0.25, -0.2) is 0 Å². The van der Waals surface area contributed by atoms with Crippen molar-refractivity contribution >= 4 is 35.2 Å². The largest absolute Gasteiger partial charge is 0.375 e. The number of benzene rings is 1. The number of nitrogens with one attached hydrogen (secondary N) is 2. The van der Waals surface area contributed by atoms with Crippen LogP contribution in [0.2, 0.25) is 0 Å². The summed E-state index contributed by atoms with van der Waals surface area (Å²) in [5.41, 5.74) is 1.40. The Balaban J connectivity index is 1.45. The van der Waals surface area contributed by atoms with E-state index in [0.29, 0.717) is 18.9 Å². The zero-order chi connectivity index (χ0) is 25.5. The maximum absolute atomic E-state index is 13.0. The van der Waals surface area contributed by atoms with Gasteiger partial charge in [-0.2, -0.15) is 0 Å². The summed E-state index contributed by atoms with van der Waals surface area (Å²) in [5.74, 6) is -1.33. The first-order valence-corrected chi connectivity index (χ1v) is 12.5. The molecule has 1 fully saturated rings. The number of anilines is 1. The fraction of sp³-hybridized carbons (Fsp3) is 0.577. The summed E-state index contributed by atoms with van der Waals surface area (Å²) < 4.78 is 0. The number of fused-ring (bicyclic) bond motifs is 1. The SMILES string of the molecule is CC(C)CCC(=O)NCCCCCCN(C)c1ccc2c(c1)C(=O)N(C1CCC(=O)NC1=O)C2=O. The van der Waals surface area contributed by atoms with E-state index in [2.05, 4.69) is 24.5 Å². The summed E-state index contributed by atoms with van der Waals surface area (Å²) in [6, 6.07) is 4.19. The van der Waals surface area contributed by atoms with Crippen molar-refractivity contribution in [3.8, 4) is 0 Å². The molecule has 2 N–H and O–H groups in total. The van der Waals surface area contributed by atoms with Gasteiger partial charge in [0.05, 0.1) is 11.1 Å². The first-order chi connectivity index (χ1) is 16.7. The van der Waals surface area contributed by atoms with Crippen molar-refractivity contribution < 1.29 is 24.0 Å². The predicted octanol–water partition coefficient (Wildman–Crippen LogP) is 2.64. The number of amides is 5. The zero-order valence-corrected chi connectivity index (χ0v) is 20.9. The van der Waals surface area contributed by atoms with Gasteiger partial charge in [0, 0.05) is 38.7 Å². The first-order valence-electron chi connectivity index (χ1n) is 12.5. The molecule has 2 aliphatic rings. The van der Waals surface area contributed by atoms with E-state index < -0.39 is 29.7 Å². The van der Waals surface area contributed by atoms with Crippen molar-refractivity contribution in [3.63, 3.8) is 0 Å². The molecule has 1 unspecified atom stereocenters. The van der Waals surface area contributed by atoms with Gasteiger partial charge in [-0.1, -0.05) is 26.7 Å². The Hall–Kier alpha value is -3.23. The van der Waals surface area contributed by atoms with Crippen LogP contribution in [0, 0.1) is 5.92 Å². The highest BCUT2D eigenvalue weighted by Gasteiger charge is 2.44. The maximum atomic E-state index is 13.0.